The molecule has 1 N–H and O–H groups in total. The van der Waals surface area contributed by atoms with E-state index in [4.69, 9.17) is 0 Å². The molecule has 0 amide bonds. The number of hydrogen-bond donors (Lipinski definition) is 1. The highest BCUT2D eigenvalue weighted by Crippen LogP contribution is 2.34. The van der Waals surface area contributed by atoms with Crippen molar-refractivity contribution in [2.24, 2.45) is 0 Å². The minimum absolute atomic E-state index is 0.191. The van der Waals surface area contributed by atoms with Crippen LogP contribution in [0.15, 0.2) is 35.4 Å². The lowest BCUT2D eigenvalue weighted by atomic mass is 9.92. The molecular formula is C18H24FN3O2S. The third-order valence-electron chi connectivity index (χ3n) is 4.49. The fraction of sp³-hybridized carbons (Fsp3) is 0.500. The van der Waals surface area contributed by atoms with Crippen LogP contribution in [0.2, 0.25) is 0 Å². The molecule has 0 bridgehead atoms. The maximum atomic E-state index is 13.0. The second-order valence-corrected chi connectivity index (χ2v) is 9.27. The second kappa shape index (κ2) is 6.44. The quantitative estimate of drug-likeness (QED) is 0.881. The van der Waals surface area contributed by atoms with Crippen molar-refractivity contribution in [3.63, 3.8) is 0 Å². The zero-order chi connectivity index (χ0) is 18.2. The normalized spacial score (nSPS) is 16.3. The molecule has 0 aliphatic heterocycles. The average molecular weight is 365 g/mol. The fourth-order valence-corrected chi connectivity index (χ4v) is 4.58. The van der Waals surface area contributed by atoms with Crippen molar-refractivity contribution in [1.82, 2.24) is 9.78 Å². The summed E-state index contributed by atoms with van der Waals surface area (Å²) < 4.78 is 43.2. The number of aromatic nitrogens is 2. The molecule has 5 nitrogen and oxygen atoms in total. The predicted molar refractivity (Wildman–Crippen MR) is 95.6 cm³/mol. The number of anilines is 1. The smallest absolute Gasteiger partial charge is 0.265 e. The van der Waals surface area contributed by atoms with Crippen LogP contribution < -0.4 is 4.72 Å². The van der Waals surface area contributed by atoms with Crippen molar-refractivity contribution in [3.05, 3.63) is 42.0 Å². The van der Waals surface area contributed by atoms with Crippen molar-refractivity contribution in [1.29, 1.82) is 0 Å². The number of nitrogens with one attached hydrogen (secondary N) is 1. The van der Waals surface area contributed by atoms with Gasteiger partial charge in [0.2, 0.25) is 0 Å². The highest BCUT2D eigenvalue weighted by atomic mass is 32.2. The van der Waals surface area contributed by atoms with Gasteiger partial charge in [-0.1, -0.05) is 33.6 Å². The van der Waals surface area contributed by atoms with Gasteiger partial charge < -0.3 is 0 Å². The minimum Gasteiger partial charge on any atom is -0.280 e. The molecule has 0 atom stereocenters. The Morgan fingerprint density at radius 1 is 1.16 bits per heavy atom. The lowest BCUT2D eigenvalue weighted by Crippen LogP contribution is -2.20. The third kappa shape index (κ3) is 3.86. The van der Waals surface area contributed by atoms with Crippen LogP contribution in [0.1, 0.15) is 58.2 Å². The summed E-state index contributed by atoms with van der Waals surface area (Å²) in [6.45, 7) is 5.85. The van der Waals surface area contributed by atoms with Crippen molar-refractivity contribution >= 4 is 15.7 Å². The van der Waals surface area contributed by atoms with Gasteiger partial charge in [-0.05, 0) is 37.1 Å². The first kappa shape index (κ1) is 17.9. The molecule has 3 rings (SSSR count). The van der Waals surface area contributed by atoms with E-state index in [1.165, 1.54) is 24.3 Å². The van der Waals surface area contributed by atoms with Gasteiger partial charge in [-0.2, -0.15) is 5.10 Å². The van der Waals surface area contributed by atoms with Crippen molar-refractivity contribution in [2.75, 3.05) is 4.72 Å². The van der Waals surface area contributed by atoms with Gasteiger partial charge >= 0.3 is 0 Å². The SMILES string of the molecule is CC(C)(C)c1nn(C2CCCC2)cc1S(=O)(=O)Nc1ccc(F)cc1. The fourth-order valence-electron chi connectivity index (χ4n) is 3.18. The molecule has 0 unspecified atom stereocenters. The summed E-state index contributed by atoms with van der Waals surface area (Å²) in [5.74, 6) is -0.410. The van der Waals surface area contributed by atoms with Gasteiger partial charge in [-0.3, -0.25) is 9.40 Å². The van der Waals surface area contributed by atoms with Crippen LogP contribution in [0.5, 0.6) is 0 Å². The van der Waals surface area contributed by atoms with Crippen LogP contribution >= 0.6 is 0 Å². The Morgan fingerprint density at radius 3 is 2.32 bits per heavy atom. The number of benzene rings is 1. The summed E-state index contributed by atoms with van der Waals surface area (Å²) in [4.78, 5) is 0.191. The molecule has 1 aliphatic rings. The third-order valence-corrected chi connectivity index (χ3v) is 5.88. The van der Waals surface area contributed by atoms with E-state index in [-0.39, 0.29) is 10.9 Å². The maximum Gasteiger partial charge on any atom is 0.265 e. The average Bonchev–Trinajstić information content (AvgIpc) is 3.17. The van der Waals surface area contributed by atoms with Crippen LogP contribution in [-0.4, -0.2) is 18.2 Å². The lowest BCUT2D eigenvalue weighted by Gasteiger charge is -2.18. The number of sulfonamides is 1. The summed E-state index contributed by atoms with van der Waals surface area (Å²) in [6, 6.07) is 5.53. The Balaban J connectivity index is 1.99. The zero-order valence-corrected chi connectivity index (χ0v) is 15.6. The summed E-state index contributed by atoms with van der Waals surface area (Å²) >= 11 is 0. The van der Waals surface area contributed by atoms with Gasteiger partial charge in [0.1, 0.15) is 10.7 Å². The first-order chi connectivity index (χ1) is 11.7. The van der Waals surface area contributed by atoms with E-state index in [9.17, 15) is 12.8 Å². The first-order valence-electron chi connectivity index (χ1n) is 8.55. The molecule has 1 saturated carbocycles. The zero-order valence-electron chi connectivity index (χ0n) is 14.8. The molecule has 1 aliphatic carbocycles. The molecule has 1 fully saturated rings. The van der Waals surface area contributed by atoms with E-state index in [2.05, 4.69) is 9.82 Å². The van der Waals surface area contributed by atoms with E-state index in [0.29, 0.717) is 11.4 Å². The minimum atomic E-state index is -3.80. The lowest BCUT2D eigenvalue weighted by molar-refractivity contribution is 0.448. The molecule has 0 radical (unpaired) electrons. The molecule has 1 heterocycles. The predicted octanol–water partition coefficient (Wildman–Crippen LogP) is 4.24. The molecule has 25 heavy (non-hydrogen) atoms. The molecule has 1 aromatic heterocycles. The van der Waals surface area contributed by atoms with Gasteiger partial charge in [0.15, 0.2) is 0 Å². The van der Waals surface area contributed by atoms with E-state index in [1.54, 1.807) is 6.20 Å². The molecule has 136 valence electrons. The van der Waals surface area contributed by atoms with E-state index >= 15 is 0 Å². The summed E-state index contributed by atoms with van der Waals surface area (Å²) in [6.07, 6.45) is 5.98. The Labute approximate surface area is 148 Å². The monoisotopic (exact) mass is 365 g/mol. The number of halogens is 1. The number of hydrogen-bond acceptors (Lipinski definition) is 3. The van der Waals surface area contributed by atoms with Crippen molar-refractivity contribution in [3.8, 4) is 0 Å². The van der Waals surface area contributed by atoms with Crippen molar-refractivity contribution < 1.29 is 12.8 Å². The summed E-state index contributed by atoms with van der Waals surface area (Å²) in [5.41, 5.74) is 0.473. The standard InChI is InChI=1S/C18H24FN3O2S/c1-18(2,3)17-16(12-22(20-17)15-6-4-5-7-15)25(23,24)21-14-10-8-13(19)9-11-14/h8-12,15,21H,4-7H2,1-3H3. The van der Waals surface area contributed by atoms with Crippen LogP contribution in [0, 0.1) is 5.82 Å². The van der Waals surface area contributed by atoms with Crippen LogP contribution in [-0.2, 0) is 15.4 Å². The van der Waals surface area contributed by atoms with E-state index in [1.807, 2.05) is 25.5 Å². The molecule has 0 spiro atoms. The molecule has 2 aromatic rings. The first-order valence-corrected chi connectivity index (χ1v) is 10.0. The van der Waals surface area contributed by atoms with Gasteiger partial charge in [0.25, 0.3) is 10.0 Å². The van der Waals surface area contributed by atoms with Gasteiger partial charge in [0, 0.05) is 17.3 Å². The molecular weight excluding hydrogens is 341 g/mol. The maximum absolute atomic E-state index is 13.0. The molecule has 7 heteroatoms. The topological polar surface area (TPSA) is 64.0 Å². The number of nitrogens with zero attached hydrogens (tertiary/aromatic N) is 2. The van der Waals surface area contributed by atoms with E-state index < -0.39 is 21.3 Å². The molecule has 0 saturated heterocycles. The largest absolute Gasteiger partial charge is 0.280 e. The second-order valence-electron chi connectivity index (χ2n) is 7.62. The number of rotatable bonds is 4. The highest BCUT2D eigenvalue weighted by Gasteiger charge is 2.32. The van der Waals surface area contributed by atoms with Gasteiger partial charge in [-0.15, -0.1) is 0 Å². The summed E-state index contributed by atoms with van der Waals surface area (Å²) in [5, 5.41) is 4.62. The van der Waals surface area contributed by atoms with Crippen LogP contribution in [0.4, 0.5) is 10.1 Å². The van der Waals surface area contributed by atoms with Gasteiger partial charge in [-0.25, -0.2) is 12.8 Å². The molecule has 1 aromatic carbocycles. The van der Waals surface area contributed by atoms with E-state index in [0.717, 1.165) is 25.7 Å². The van der Waals surface area contributed by atoms with Gasteiger partial charge in [0.05, 0.1) is 11.7 Å². The Bertz CT molecular complexity index is 845. The van der Waals surface area contributed by atoms with Crippen LogP contribution in [0.3, 0.4) is 0 Å². The Hall–Kier alpha value is -1.89. The van der Waals surface area contributed by atoms with Crippen molar-refractivity contribution in [2.45, 2.75) is 62.8 Å². The highest BCUT2D eigenvalue weighted by molar-refractivity contribution is 7.92. The Kier molecular flexibility index (Phi) is 4.62. The Morgan fingerprint density at radius 2 is 1.76 bits per heavy atom. The summed E-state index contributed by atoms with van der Waals surface area (Å²) in [7, 11) is -3.80. The van der Waals surface area contributed by atoms with Crippen LogP contribution in [0.25, 0.3) is 0 Å².